The lowest BCUT2D eigenvalue weighted by atomic mass is 10.0. The molecule has 0 aliphatic carbocycles. The van der Waals surface area contributed by atoms with Crippen LogP contribution in [0.1, 0.15) is 104 Å². The lowest BCUT2D eigenvalue weighted by molar-refractivity contribution is 0.191. The predicted octanol–water partition coefficient (Wildman–Crippen LogP) is 5.44. The van der Waals surface area contributed by atoms with Gasteiger partial charge in [-0.1, -0.05) is 90.4 Å². The fraction of sp³-hybridized carbons (Fsp3) is 1.00. The van der Waals surface area contributed by atoms with Gasteiger partial charge in [-0.25, -0.2) is 0 Å². The predicted molar refractivity (Wildman–Crippen MR) is 94.9 cm³/mol. The highest BCUT2D eigenvalue weighted by Crippen LogP contribution is 2.12. The van der Waals surface area contributed by atoms with Crippen LogP contribution < -0.4 is 5.32 Å². The maximum absolute atomic E-state index is 9.11. The standard InChI is InChI=1S/C19H41NO/c1-3-4-5-6-7-8-9-10-11-12-13-14-15-16-17-20-18-19(2)21/h19-21H,3-18H2,1-2H3/t19-/m0/s1. The summed E-state index contributed by atoms with van der Waals surface area (Å²) in [7, 11) is 0. The number of rotatable bonds is 17. The average molecular weight is 300 g/mol. The minimum atomic E-state index is -0.211. The topological polar surface area (TPSA) is 32.3 Å². The summed E-state index contributed by atoms with van der Waals surface area (Å²) in [6, 6.07) is 0. The average Bonchev–Trinajstić information content (AvgIpc) is 2.46. The Labute approximate surface area is 134 Å². The molecule has 0 aliphatic rings. The summed E-state index contributed by atoms with van der Waals surface area (Å²) in [5.41, 5.74) is 0. The van der Waals surface area contributed by atoms with Gasteiger partial charge in [0.1, 0.15) is 0 Å². The van der Waals surface area contributed by atoms with Crippen molar-refractivity contribution in [1.29, 1.82) is 0 Å². The second kappa shape index (κ2) is 18.0. The van der Waals surface area contributed by atoms with E-state index in [0.717, 1.165) is 13.1 Å². The smallest absolute Gasteiger partial charge is 0.0636 e. The Kier molecular flexibility index (Phi) is 17.9. The Balaban J connectivity index is 2.93. The van der Waals surface area contributed by atoms with E-state index in [1.807, 2.05) is 6.92 Å². The van der Waals surface area contributed by atoms with E-state index in [4.69, 9.17) is 5.11 Å². The third kappa shape index (κ3) is 19.9. The van der Waals surface area contributed by atoms with Crippen LogP contribution in [0.15, 0.2) is 0 Å². The molecule has 0 aromatic rings. The Morgan fingerprint density at radius 2 is 1.05 bits per heavy atom. The van der Waals surface area contributed by atoms with Gasteiger partial charge in [-0.15, -0.1) is 0 Å². The van der Waals surface area contributed by atoms with Gasteiger partial charge in [0.2, 0.25) is 0 Å². The molecule has 2 heteroatoms. The normalized spacial score (nSPS) is 12.7. The van der Waals surface area contributed by atoms with Crippen LogP contribution in [0.4, 0.5) is 0 Å². The first-order valence-corrected chi connectivity index (χ1v) is 9.66. The molecule has 0 fully saturated rings. The van der Waals surface area contributed by atoms with Gasteiger partial charge >= 0.3 is 0 Å². The van der Waals surface area contributed by atoms with Crippen molar-refractivity contribution in [1.82, 2.24) is 5.32 Å². The van der Waals surface area contributed by atoms with Gasteiger partial charge in [0, 0.05) is 6.54 Å². The molecule has 0 aromatic carbocycles. The zero-order chi connectivity index (χ0) is 15.6. The molecule has 0 aliphatic heterocycles. The first-order valence-electron chi connectivity index (χ1n) is 9.66. The van der Waals surface area contributed by atoms with Gasteiger partial charge in [-0.3, -0.25) is 0 Å². The van der Waals surface area contributed by atoms with E-state index in [-0.39, 0.29) is 6.10 Å². The molecule has 21 heavy (non-hydrogen) atoms. The molecule has 2 nitrogen and oxygen atoms in total. The maximum Gasteiger partial charge on any atom is 0.0636 e. The second-order valence-electron chi connectivity index (χ2n) is 6.65. The van der Waals surface area contributed by atoms with E-state index in [2.05, 4.69) is 12.2 Å². The molecule has 0 radical (unpaired) electrons. The number of aliphatic hydroxyl groups is 1. The molecule has 128 valence electrons. The maximum atomic E-state index is 9.11. The number of hydrogen-bond donors (Lipinski definition) is 2. The molecule has 0 amide bonds. The van der Waals surface area contributed by atoms with Crippen LogP contribution in [-0.4, -0.2) is 24.3 Å². The Hall–Kier alpha value is -0.0800. The monoisotopic (exact) mass is 299 g/mol. The van der Waals surface area contributed by atoms with Crippen molar-refractivity contribution in [2.45, 2.75) is 110 Å². The molecule has 0 saturated carbocycles. The quantitative estimate of drug-likeness (QED) is 0.351. The summed E-state index contributed by atoms with van der Waals surface area (Å²) in [5, 5.41) is 12.4. The zero-order valence-electron chi connectivity index (χ0n) is 14.8. The molecular weight excluding hydrogens is 258 g/mol. The van der Waals surface area contributed by atoms with Crippen LogP contribution in [0, 0.1) is 0 Å². The lowest BCUT2D eigenvalue weighted by Crippen LogP contribution is -2.25. The molecule has 0 aromatic heterocycles. The minimum absolute atomic E-state index is 0.211. The van der Waals surface area contributed by atoms with Crippen molar-refractivity contribution in [3.63, 3.8) is 0 Å². The van der Waals surface area contributed by atoms with Crippen molar-refractivity contribution < 1.29 is 5.11 Å². The van der Waals surface area contributed by atoms with Gasteiger partial charge in [-0.2, -0.15) is 0 Å². The van der Waals surface area contributed by atoms with Crippen LogP contribution in [0.25, 0.3) is 0 Å². The van der Waals surface area contributed by atoms with Crippen molar-refractivity contribution in [2.24, 2.45) is 0 Å². The van der Waals surface area contributed by atoms with Crippen LogP contribution in [0.5, 0.6) is 0 Å². The van der Waals surface area contributed by atoms with E-state index in [1.165, 1.54) is 89.9 Å². The van der Waals surface area contributed by atoms with Crippen LogP contribution in [0.2, 0.25) is 0 Å². The van der Waals surface area contributed by atoms with Crippen molar-refractivity contribution >= 4 is 0 Å². The molecule has 0 heterocycles. The fourth-order valence-corrected chi connectivity index (χ4v) is 2.76. The minimum Gasteiger partial charge on any atom is -0.392 e. The third-order valence-corrected chi connectivity index (χ3v) is 4.15. The Bertz CT molecular complexity index is 182. The molecule has 0 rings (SSSR count). The molecule has 0 bridgehead atoms. The summed E-state index contributed by atoms with van der Waals surface area (Å²) < 4.78 is 0. The van der Waals surface area contributed by atoms with Crippen LogP contribution >= 0.6 is 0 Å². The van der Waals surface area contributed by atoms with E-state index < -0.39 is 0 Å². The first-order chi connectivity index (χ1) is 10.3. The van der Waals surface area contributed by atoms with Crippen molar-refractivity contribution in [2.75, 3.05) is 13.1 Å². The first kappa shape index (κ1) is 20.9. The number of aliphatic hydroxyl groups excluding tert-OH is 1. The third-order valence-electron chi connectivity index (χ3n) is 4.15. The largest absolute Gasteiger partial charge is 0.392 e. The number of unbranched alkanes of at least 4 members (excludes halogenated alkanes) is 13. The van der Waals surface area contributed by atoms with E-state index in [1.54, 1.807) is 0 Å². The van der Waals surface area contributed by atoms with Crippen LogP contribution in [0.3, 0.4) is 0 Å². The highest BCUT2D eigenvalue weighted by molar-refractivity contribution is 4.54. The Morgan fingerprint density at radius 1 is 0.667 bits per heavy atom. The highest BCUT2D eigenvalue weighted by atomic mass is 16.3. The molecule has 0 saturated heterocycles. The van der Waals surface area contributed by atoms with Crippen LogP contribution in [-0.2, 0) is 0 Å². The second-order valence-corrected chi connectivity index (χ2v) is 6.65. The fourth-order valence-electron chi connectivity index (χ4n) is 2.76. The van der Waals surface area contributed by atoms with Crippen molar-refractivity contribution in [3.8, 4) is 0 Å². The Morgan fingerprint density at radius 3 is 1.43 bits per heavy atom. The number of nitrogens with one attached hydrogen (secondary N) is 1. The van der Waals surface area contributed by atoms with Gasteiger partial charge in [0.05, 0.1) is 6.10 Å². The summed E-state index contributed by atoms with van der Waals surface area (Å²) in [6.07, 6.45) is 19.5. The zero-order valence-corrected chi connectivity index (χ0v) is 14.8. The molecule has 0 spiro atoms. The highest BCUT2D eigenvalue weighted by Gasteiger charge is 1.95. The SMILES string of the molecule is CCCCCCCCCCCCCCCCNC[C@H](C)O. The molecular formula is C19H41NO. The summed E-state index contributed by atoms with van der Waals surface area (Å²) in [4.78, 5) is 0. The van der Waals surface area contributed by atoms with E-state index in [0.29, 0.717) is 0 Å². The summed E-state index contributed by atoms with van der Waals surface area (Å²) >= 11 is 0. The van der Waals surface area contributed by atoms with E-state index in [9.17, 15) is 0 Å². The van der Waals surface area contributed by atoms with Gasteiger partial charge in [-0.05, 0) is 19.9 Å². The molecule has 1 atom stereocenters. The lowest BCUT2D eigenvalue weighted by Gasteiger charge is -2.06. The molecule has 0 unspecified atom stereocenters. The van der Waals surface area contributed by atoms with Gasteiger partial charge in [0.15, 0.2) is 0 Å². The van der Waals surface area contributed by atoms with Gasteiger partial charge < -0.3 is 10.4 Å². The van der Waals surface area contributed by atoms with Gasteiger partial charge in [0.25, 0.3) is 0 Å². The van der Waals surface area contributed by atoms with E-state index >= 15 is 0 Å². The summed E-state index contributed by atoms with van der Waals surface area (Å²) in [5.74, 6) is 0. The number of hydrogen-bond acceptors (Lipinski definition) is 2. The molecule has 2 N–H and O–H groups in total. The summed E-state index contributed by atoms with van der Waals surface area (Å²) in [6.45, 7) is 5.91. The van der Waals surface area contributed by atoms with Crippen molar-refractivity contribution in [3.05, 3.63) is 0 Å².